The van der Waals surface area contributed by atoms with Crippen molar-refractivity contribution >= 4 is 0 Å². The predicted molar refractivity (Wildman–Crippen MR) is 111 cm³/mol. The molecule has 1 saturated carbocycles. The van der Waals surface area contributed by atoms with Gasteiger partial charge in [0.1, 0.15) is 11.9 Å². The topological polar surface area (TPSA) is 42.0 Å². The molecule has 2 atom stereocenters. The van der Waals surface area contributed by atoms with Gasteiger partial charge in [-0.15, -0.1) is 0 Å². The lowest BCUT2D eigenvalue weighted by atomic mass is 9.82. The van der Waals surface area contributed by atoms with Crippen LogP contribution in [0.5, 0.6) is 0 Å². The number of benzene rings is 2. The van der Waals surface area contributed by atoms with Gasteiger partial charge in [0.05, 0.1) is 25.4 Å². The Labute approximate surface area is 181 Å². The van der Waals surface area contributed by atoms with Crippen LogP contribution in [0.1, 0.15) is 85.8 Å². The molecule has 0 bridgehead atoms. The highest BCUT2D eigenvalue weighted by Gasteiger charge is 2.29. The zero-order valence-corrected chi connectivity index (χ0v) is 17.8. The van der Waals surface area contributed by atoms with Crippen LogP contribution < -0.4 is 0 Å². The van der Waals surface area contributed by atoms with Crippen molar-refractivity contribution in [2.45, 2.75) is 76.3 Å². The van der Waals surface area contributed by atoms with E-state index in [0.29, 0.717) is 25.0 Å². The number of halogens is 3. The van der Waals surface area contributed by atoms with Crippen LogP contribution in [0.4, 0.5) is 13.2 Å². The first-order chi connectivity index (χ1) is 15.0. The second kappa shape index (κ2) is 9.72. The summed E-state index contributed by atoms with van der Waals surface area (Å²) in [6.07, 6.45) is 3.25. The van der Waals surface area contributed by atoms with Gasteiger partial charge < -0.3 is 14.6 Å². The summed E-state index contributed by atoms with van der Waals surface area (Å²) in [6.45, 7) is 2.46. The van der Waals surface area contributed by atoms with E-state index in [1.54, 1.807) is 6.07 Å². The standard InChI is InChI=1S/C25H29F3O3/c1-2-3-22(29)20-11-7-17(24(27)25(20)28)13-30-18-8-4-15(5-9-18)16-6-10-19(21(26)12-16)23-14-31-23/h6-7,10-12,15,18,22-23,29H,2-5,8-9,13-14H2,1H3. The third-order valence-corrected chi connectivity index (χ3v) is 6.44. The van der Waals surface area contributed by atoms with Gasteiger partial charge in [-0.2, -0.15) is 0 Å². The Bertz CT molecular complexity index is 905. The highest BCUT2D eigenvalue weighted by atomic mass is 19.2. The number of epoxide rings is 1. The number of hydrogen-bond acceptors (Lipinski definition) is 3. The Morgan fingerprint density at radius 1 is 1.06 bits per heavy atom. The van der Waals surface area contributed by atoms with Crippen molar-refractivity contribution in [1.82, 2.24) is 0 Å². The number of rotatable bonds is 8. The van der Waals surface area contributed by atoms with Gasteiger partial charge in [-0.25, -0.2) is 13.2 Å². The summed E-state index contributed by atoms with van der Waals surface area (Å²) in [5.41, 5.74) is 1.78. The number of aliphatic hydroxyl groups is 1. The van der Waals surface area contributed by atoms with Crippen molar-refractivity contribution in [2.24, 2.45) is 0 Å². The van der Waals surface area contributed by atoms with Crippen molar-refractivity contribution in [3.63, 3.8) is 0 Å². The molecular weight excluding hydrogens is 405 g/mol. The molecule has 31 heavy (non-hydrogen) atoms. The third-order valence-electron chi connectivity index (χ3n) is 6.44. The molecule has 1 saturated heterocycles. The van der Waals surface area contributed by atoms with Crippen LogP contribution in [-0.2, 0) is 16.1 Å². The Hall–Kier alpha value is -1.89. The monoisotopic (exact) mass is 434 g/mol. The van der Waals surface area contributed by atoms with Crippen molar-refractivity contribution in [2.75, 3.05) is 6.61 Å². The molecule has 168 valence electrons. The average Bonchev–Trinajstić information content (AvgIpc) is 3.60. The van der Waals surface area contributed by atoms with Crippen LogP contribution in [-0.4, -0.2) is 17.8 Å². The molecule has 2 unspecified atom stereocenters. The lowest BCUT2D eigenvalue weighted by molar-refractivity contribution is 0.0118. The van der Waals surface area contributed by atoms with Crippen LogP contribution in [0.15, 0.2) is 30.3 Å². The fourth-order valence-electron chi connectivity index (χ4n) is 4.46. The van der Waals surface area contributed by atoms with Crippen LogP contribution in [0, 0.1) is 17.5 Å². The fourth-order valence-corrected chi connectivity index (χ4v) is 4.46. The Morgan fingerprint density at radius 2 is 1.81 bits per heavy atom. The fraction of sp³-hybridized carbons (Fsp3) is 0.520. The van der Waals surface area contributed by atoms with E-state index in [0.717, 1.165) is 31.2 Å². The summed E-state index contributed by atoms with van der Waals surface area (Å²) in [5, 5.41) is 9.96. The first-order valence-corrected chi connectivity index (χ1v) is 11.1. The molecule has 1 N–H and O–H groups in total. The molecule has 3 nitrogen and oxygen atoms in total. The van der Waals surface area contributed by atoms with Crippen molar-refractivity contribution in [3.05, 3.63) is 70.0 Å². The molecule has 6 heteroatoms. The Morgan fingerprint density at radius 3 is 2.45 bits per heavy atom. The molecule has 4 rings (SSSR count). The zero-order chi connectivity index (χ0) is 22.0. The molecular formula is C25H29F3O3. The summed E-state index contributed by atoms with van der Waals surface area (Å²) in [7, 11) is 0. The van der Waals surface area contributed by atoms with Crippen LogP contribution in [0.3, 0.4) is 0 Å². The lowest BCUT2D eigenvalue weighted by Crippen LogP contribution is -2.21. The largest absolute Gasteiger partial charge is 0.388 e. The molecule has 1 aliphatic carbocycles. The smallest absolute Gasteiger partial charge is 0.164 e. The molecule has 2 aromatic carbocycles. The van der Waals surface area contributed by atoms with Crippen molar-refractivity contribution < 1.29 is 27.8 Å². The molecule has 2 fully saturated rings. The molecule has 1 aliphatic heterocycles. The summed E-state index contributed by atoms with van der Waals surface area (Å²) in [4.78, 5) is 0. The molecule has 1 heterocycles. The summed E-state index contributed by atoms with van der Waals surface area (Å²) in [5.74, 6) is -1.87. The van der Waals surface area contributed by atoms with Gasteiger partial charge in [0.25, 0.3) is 0 Å². The van der Waals surface area contributed by atoms with Crippen molar-refractivity contribution in [1.29, 1.82) is 0 Å². The predicted octanol–water partition coefficient (Wildman–Crippen LogP) is 6.25. The minimum absolute atomic E-state index is 0.00453. The van der Waals surface area contributed by atoms with Gasteiger partial charge in [-0.05, 0) is 49.7 Å². The van der Waals surface area contributed by atoms with Gasteiger partial charge in [-0.1, -0.05) is 37.6 Å². The minimum Gasteiger partial charge on any atom is -0.388 e. The SMILES string of the molecule is CCCC(O)c1ccc(COC2CCC(c3ccc(C4CO4)c(F)c3)CC2)c(F)c1F. The Balaban J connectivity index is 1.30. The van der Waals surface area contributed by atoms with E-state index >= 15 is 0 Å². The average molecular weight is 434 g/mol. The minimum atomic E-state index is -1.000. The van der Waals surface area contributed by atoms with Gasteiger partial charge in [0, 0.05) is 16.7 Å². The van der Waals surface area contributed by atoms with Gasteiger partial charge >= 0.3 is 0 Å². The number of aliphatic hydroxyl groups excluding tert-OH is 1. The number of hydrogen-bond donors (Lipinski definition) is 1. The van der Waals surface area contributed by atoms with Crippen molar-refractivity contribution in [3.8, 4) is 0 Å². The van der Waals surface area contributed by atoms with E-state index in [-0.39, 0.29) is 41.7 Å². The molecule has 0 aromatic heterocycles. The number of ether oxygens (including phenoxy) is 2. The van der Waals surface area contributed by atoms with Crippen LogP contribution >= 0.6 is 0 Å². The highest BCUT2D eigenvalue weighted by molar-refractivity contribution is 5.30. The Kier molecular flexibility index (Phi) is 6.99. The first-order valence-electron chi connectivity index (χ1n) is 11.1. The lowest BCUT2D eigenvalue weighted by Gasteiger charge is -2.29. The second-order valence-corrected chi connectivity index (χ2v) is 8.63. The van der Waals surface area contributed by atoms with Crippen LogP contribution in [0.25, 0.3) is 0 Å². The summed E-state index contributed by atoms with van der Waals surface area (Å²) < 4.78 is 54.1. The molecule has 0 spiro atoms. The molecule has 0 amide bonds. The zero-order valence-electron chi connectivity index (χ0n) is 17.8. The maximum Gasteiger partial charge on any atom is 0.164 e. The summed E-state index contributed by atoms with van der Waals surface area (Å²) >= 11 is 0. The van der Waals surface area contributed by atoms with E-state index in [1.807, 2.05) is 19.1 Å². The molecule has 0 radical (unpaired) electrons. The van der Waals surface area contributed by atoms with E-state index in [1.165, 1.54) is 12.1 Å². The highest BCUT2D eigenvalue weighted by Crippen LogP contribution is 2.37. The molecule has 2 aliphatic rings. The van der Waals surface area contributed by atoms with Gasteiger partial charge in [0.15, 0.2) is 11.6 Å². The first kappa shape index (κ1) is 22.3. The van der Waals surface area contributed by atoms with E-state index in [9.17, 15) is 18.3 Å². The third kappa shape index (κ3) is 5.13. The quantitative estimate of drug-likeness (QED) is 0.499. The maximum absolute atomic E-state index is 14.4. The normalized spacial score (nSPS) is 24.2. The van der Waals surface area contributed by atoms with Crippen LogP contribution in [0.2, 0.25) is 0 Å². The maximum atomic E-state index is 14.4. The summed E-state index contributed by atoms with van der Waals surface area (Å²) in [6, 6.07) is 8.36. The van der Waals surface area contributed by atoms with E-state index < -0.39 is 17.7 Å². The molecule has 2 aromatic rings. The van der Waals surface area contributed by atoms with Gasteiger partial charge in [-0.3, -0.25) is 0 Å². The van der Waals surface area contributed by atoms with Gasteiger partial charge in [0.2, 0.25) is 0 Å². The van der Waals surface area contributed by atoms with E-state index in [4.69, 9.17) is 9.47 Å². The second-order valence-electron chi connectivity index (χ2n) is 8.63. The van der Waals surface area contributed by atoms with E-state index in [2.05, 4.69) is 0 Å².